The number of hydrogen-bond acceptors (Lipinski definition) is 1. The smallest absolute Gasteiger partial charge is 0.254 e. The molecule has 0 bridgehead atoms. The Balaban J connectivity index is 2.17. The van der Waals surface area contributed by atoms with Crippen LogP contribution in [-0.2, 0) is 0 Å². The zero-order valence-corrected chi connectivity index (χ0v) is 12.9. The molecule has 0 heterocycles. The van der Waals surface area contributed by atoms with Crippen molar-refractivity contribution in [2.75, 3.05) is 12.4 Å². The van der Waals surface area contributed by atoms with Gasteiger partial charge in [0, 0.05) is 28.5 Å². The van der Waals surface area contributed by atoms with Crippen LogP contribution >= 0.6 is 27.5 Å². The first-order chi connectivity index (χ1) is 9.11. The van der Waals surface area contributed by atoms with Crippen molar-refractivity contribution in [3.05, 3.63) is 34.1 Å². The molecular formula is C14H16BrClFNO. The molecule has 0 spiro atoms. The van der Waals surface area contributed by atoms with E-state index in [1.807, 2.05) is 4.90 Å². The maximum Gasteiger partial charge on any atom is 0.254 e. The maximum absolute atomic E-state index is 13.4. The summed E-state index contributed by atoms with van der Waals surface area (Å²) in [6.45, 7) is 0.640. The number of carbonyl (C=O) groups excluding carboxylic acids is 1. The van der Waals surface area contributed by atoms with E-state index in [9.17, 15) is 9.18 Å². The van der Waals surface area contributed by atoms with Crippen molar-refractivity contribution >= 4 is 33.4 Å². The van der Waals surface area contributed by atoms with Crippen LogP contribution in [0.5, 0.6) is 0 Å². The number of rotatable bonds is 5. The molecule has 1 aliphatic carbocycles. The molecule has 5 heteroatoms. The second-order valence-corrected chi connectivity index (χ2v) is 6.08. The Morgan fingerprint density at radius 2 is 2.16 bits per heavy atom. The number of hydrogen-bond donors (Lipinski definition) is 0. The van der Waals surface area contributed by atoms with E-state index < -0.39 is 5.82 Å². The summed E-state index contributed by atoms with van der Waals surface area (Å²) in [6, 6.07) is 4.60. The van der Waals surface area contributed by atoms with Crippen LogP contribution in [0.1, 0.15) is 36.0 Å². The molecule has 0 atom stereocenters. The average molecular weight is 349 g/mol. The minimum absolute atomic E-state index is 0.102. The van der Waals surface area contributed by atoms with Gasteiger partial charge in [0.1, 0.15) is 5.82 Å². The quantitative estimate of drug-likeness (QED) is 0.730. The molecule has 0 aliphatic heterocycles. The van der Waals surface area contributed by atoms with Gasteiger partial charge in [0.2, 0.25) is 0 Å². The van der Waals surface area contributed by atoms with Gasteiger partial charge in [-0.25, -0.2) is 4.39 Å². The predicted molar refractivity (Wildman–Crippen MR) is 78.1 cm³/mol. The highest BCUT2D eigenvalue weighted by Gasteiger charge is 2.29. The van der Waals surface area contributed by atoms with Crippen molar-refractivity contribution in [2.24, 2.45) is 0 Å². The van der Waals surface area contributed by atoms with Gasteiger partial charge in [-0.1, -0.05) is 15.9 Å². The Bertz CT molecular complexity index is 445. The molecule has 0 saturated heterocycles. The lowest BCUT2D eigenvalue weighted by molar-refractivity contribution is 0.0580. The van der Waals surface area contributed by atoms with Crippen LogP contribution in [-0.4, -0.2) is 29.3 Å². The van der Waals surface area contributed by atoms with E-state index in [2.05, 4.69) is 15.9 Å². The molecule has 0 radical (unpaired) electrons. The van der Waals surface area contributed by atoms with Gasteiger partial charge in [-0.3, -0.25) is 4.79 Å². The minimum atomic E-state index is -0.399. The fraction of sp³-hybridized carbons (Fsp3) is 0.500. The third kappa shape index (κ3) is 3.69. The Labute approximate surface area is 126 Å². The molecule has 104 valence electrons. The van der Waals surface area contributed by atoms with Crippen LogP contribution in [0.3, 0.4) is 0 Å². The van der Waals surface area contributed by atoms with E-state index in [0.717, 1.165) is 25.7 Å². The Hall–Kier alpha value is -0.610. The predicted octanol–water partition coefficient (Wildman–Crippen LogP) is 4.21. The van der Waals surface area contributed by atoms with Gasteiger partial charge in [0.15, 0.2) is 0 Å². The number of nitrogens with zero attached hydrogens (tertiary/aromatic N) is 1. The third-order valence-electron chi connectivity index (χ3n) is 3.42. The zero-order valence-electron chi connectivity index (χ0n) is 10.5. The van der Waals surface area contributed by atoms with Crippen molar-refractivity contribution in [3.63, 3.8) is 0 Å². The molecule has 1 aliphatic rings. The number of amides is 1. The Kier molecular flexibility index (Phi) is 5.22. The van der Waals surface area contributed by atoms with Crippen molar-refractivity contribution in [1.82, 2.24) is 4.90 Å². The minimum Gasteiger partial charge on any atom is -0.336 e. The highest BCUT2D eigenvalue weighted by atomic mass is 79.9. The van der Waals surface area contributed by atoms with Gasteiger partial charge >= 0.3 is 0 Å². The van der Waals surface area contributed by atoms with E-state index in [1.165, 1.54) is 12.1 Å². The van der Waals surface area contributed by atoms with Gasteiger partial charge in [-0.15, -0.1) is 11.6 Å². The van der Waals surface area contributed by atoms with Crippen LogP contribution in [0.25, 0.3) is 0 Å². The van der Waals surface area contributed by atoms with E-state index in [1.54, 1.807) is 6.07 Å². The average Bonchev–Trinajstić information content (AvgIpc) is 2.29. The zero-order chi connectivity index (χ0) is 13.8. The fourth-order valence-corrected chi connectivity index (χ4v) is 2.81. The van der Waals surface area contributed by atoms with Crippen molar-refractivity contribution in [1.29, 1.82) is 0 Å². The summed E-state index contributed by atoms with van der Waals surface area (Å²) in [5.74, 6) is 0.0298. The number of carbonyl (C=O) groups is 1. The maximum atomic E-state index is 13.4. The Morgan fingerprint density at radius 1 is 1.42 bits per heavy atom. The van der Waals surface area contributed by atoms with Crippen LogP contribution in [0.4, 0.5) is 4.39 Å². The van der Waals surface area contributed by atoms with Gasteiger partial charge in [0.25, 0.3) is 5.91 Å². The summed E-state index contributed by atoms with van der Waals surface area (Å²) in [7, 11) is 0. The second-order valence-electron chi connectivity index (χ2n) is 4.78. The van der Waals surface area contributed by atoms with Crippen molar-refractivity contribution in [3.8, 4) is 0 Å². The molecule has 19 heavy (non-hydrogen) atoms. The number of alkyl halides is 1. The highest BCUT2D eigenvalue weighted by Crippen LogP contribution is 2.27. The molecule has 2 nitrogen and oxygen atoms in total. The SMILES string of the molecule is O=C(c1cc(F)cc(Br)c1)N(CCCCl)C1CCC1. The standard InChI is InChI=1S/C14H16BrClFNO/c15-11-7-10(8-12(17)9-11)14(19)18(6-2-5-16)13-3-1-4-13/h7-9,13H,1-6H2. The number of halogens is 3. The summed E-state index contributed by atoms with van der Waals surface area (Å²) in [5.41, 5.74) is 0.397. The molecule has 1 fully saturated rings. The lowest BCUT2D eigenvalue weighted by atomic mass is 9.91. The Morgan fingerprint density at radius 3 is 2.68 bits per heavy atom. The first-order valence-electron chi connectivity index (χ1n) is 6.45. The third-order valence-corrected chi connectivity index (χ3v) is 4.14. The lowest BCUT2D eigenvalue weighted by Crippen LogP contribution is -2.44. The fourth-order valence-electron chi connectivity index (χ4n) is 2.22. The first kappa shape index (κ1) is 14.8. The highest BCUT2D eigenvalue weighted by molar-refractivity contribution is 9.10. The molecular weight excluding hydrogens is 333 g/mol. The van der Waals surface area contributed by atoms with E-state index in [4.69, 9.17) is 11.6 Å². The first-order valence-corrected chi connectivity index (χ1v) is 7.77. The molecule has 0 N–H and O–H groups in total. The molecule has 1 saturated carbocycles. The summed E-state index contributed by atoms with van der Waals surface area (Å²) in [4.78, 5) is 14.3. The molecule has 2 rings (SSSR count). The number of benzene rings is 1. The van der Waals surface area contributed by atoms with E-state index >= 15 is 0 Å². The van der Waals surface area contributed by atoms with E-state index in [-0.39, 0.29) is 11.9 Å². The molecule has 0 aromatic heterocycles. The monoisotopic (exact) mass is 347 g/mol. The van der Waals surface area contributed by atoms with Crippen LogP contribution in [0.15, 0.2) is 22.7 Å². The summed E-state index contributed by atoms with van der Waals surface area (Å²) < 4.78 is 14.0. The van der Waals surface area contributed by atoms with E-state index in [0.29, 0.717) is 22.5 Å². The molecule has 1 aromatic rings. The summed E-state index contributed by atoms with van der Waals surface area (Å²) in [5, 5.41) is 0. The molecule has 1 amide bonds. The topological polar surface area (TPSA) is 20.3 Å². The molecule has 0 unspecified atom stereocenters. The largest absolute Gasteiger partial charge is 0.336 e. The second kappa shape index (κ2) is 6.71. The summed E-state index contributed by atoms with van der Waals surface area (Å²) in [6.07, 6.45) is 3.98. The molecule has 1 aromatic carbocycles. The van der Waals surface area contributed by atoms with Gasteiger partial charge in [-0.2, -0.15) is 0 Å². The van der Waals surface area contributed by atoms with Crippen LogP contribution in [0.2, 0.25) is 0 Å². The van der Waals surface area contributed by atoms with Crippen LogP contribution < -0.4 is 0 Å². The van der Waals surface area contributed by atoms with Crippen molar-refractivity contribution < 1.29 is 9.18 Å². The van der Waals surface area contributed by atoms with Gasteiger partial charge in [0.05, 0.1) is 0 Å². The lowest BCUT2D eigenvalue weighted by Gasteiger charge is -2.37. The van der Waals surface area contributed by atoms with Crippen molar-refractivity contribution in [2.45, 2.75) is 31.7 Å². The van der Waals surface area contributed by atoms with Gasteiger partial charge < -0.3 is 4.90 Å². The van der Waals surface area contributed by atoms with Gasteiger partial charge in [-0.05, 0) is 43.9 Å². The van der Waals surface area contributed by atoms with Crippen LogP contribution in [0, 0.1) is 5.82 Å². The summed E-state index contributed by atoms with van der Waals surface area (Å²) >= 11 is 8.93. The normalized spacial score (nSPS) is 15.1.